The van der Waals surface area contributed by atoms with Crippen molar-refractivity contribution in [2.45, 2.75) is 12.5 Å². The Morgan fingerprint density at radius 2 is 1.95 bits per heavy atom. The van der Waals surface area contributed by atoms with E-state index in [0.717, 1.165) is 0 Å². The van der Waals surface area contributed by atoms with Crippen molar-refractivity contribution in [1.82, 2.24) is 5.32 Å². The lowest BCUT2D eigenvalue weighted by Gasteiger charge is -2.11. The van der Waals surface area contributed by atoms with Gasteiger partial charge in [0, 0.05) is 11.6 Å². The monoisotopic (exact) mass is 312 g/mol. The Morgan fingerprint density at radius 1 is 1.29 bits per heavy atom. The lowest BCUT2D eigenvalue weighted by Crippen LogP contribution is -2.38. The van der Waals surface area contributed by atoms with Gasteiger partial charge in [-0.05, 0) is 30.7 Å². The molecule has 7 nitrogen and oxygen atoms in total. The third-order valence-electron chi connectivity index (χ3n) is 3.11. The molecule has 8 heteroatoms. The lowest BCUT2D eigenvalue weighted by molar-refractivity contribution is -0.123. The Balaban J connectivity index is 1.80. The zero-order chi connectivity index (χ0) is 15.5. The third-order valence-corrected chi connectivity index (χ3v) is 4.87. The average molecular weight is 312 g/mol. The molecule has 0 aromatic heterocycles. The molecule has 3 N–H and O–H groups in total. The lowest BCUT2D eigenvalue weighted by atomic mass is 10.2. The van der Waals surface area contributed by atoms with Crippen LogP contribution in [0.2, 0.25) is 0 Å². The predicted octanol–water partition coefficient (Wildman–Crippen LogP) is -0.532. The molecule has 1 aliphatic rings. The van der Waals surface area contributed by atoms with E-state index in [2.05, 4.69) is 5.32 Å². The average Bonchev–Trinajstić information content (AvgIpc) is 2.76. The van der Waals surface area contributed by atoms with E-state index in [1.54, 1.807) is 0 Å². The Labute approximate surface area is 122 Å². The highest BCUT2D eigenvalue weighted by Gasteiger charge is 2.28. The second kappa shape index (κ2) is 6.13. The summed E-state index contributed by atoms with van der Waals surface area (Å²) in [4.78, 5) is 22.5. The number of carbonyl (C=O) groups excluding carboxylic acids is 2. The first-order valence-corrected chi connectivity index (χ1v) is 8.20. The summed E-state index contributed by atoms with van der Waals surface area (Å²) in [6, 6.07) is 5.72. The first-order chi connectivity index (χ1) is 9.85. The molecule has 1 aromatic rings. The Morgan fingerprint density at radius 3 is 2.48 bits per heavy atom. The van der Waals surface area contributed by atoms with Crippen LogP contribution in [0.1, 0.15) is 16.8 Å². The van der Waals surface area contributed by atoms with Crippen molar-refractivity contribution in [2.75, 3.05) is 18.1 Å². The predicted molar refractivity (Wildman–Crippen MR) is 75.7 cm³/mol. The van der Waals surface area contributed by atoms with Crippen LogP contribution in [0.5, 0.6) is 5.75 Å². The van der Waals surface area contributed by atoms with Crippen LogP contribution in [0.4, 0.5) is 0 Å². The fraction of sp³-hybridized carbons (Fsp3) is 0.385. The highest BCUT2D eigenvalue weighted by Crippen LogP contribution is 2.13. The van der Waals surface area contributed by atoms with Crippen LogP contribution in [0.25, 0.3) is 0 Å². The summed E-state index contributed by atoms with van der Waals surface area (Å²) in [7, 11) is -3.02. The van der Waals surface area contributed by atoms with E-state index in [4.69, 9.17) is 10.5 Å². The third kappa shape index (κ3) is 4.45. The maximum absolute atomic E-state index is 11.7. The highest BCUT2D eigenvalue weighted by molar-refractivity contribution is 7.91. The normalized spacial score (nSPS) is 19.9. The van der Waals surface area contributed by atoms with Crippen molar-refractivity contribution in [3.63, 3.8) is 0 Å². The highest BCUT2D eigenvalue weighted by atomic mass is 32.2. The molecule has 1 aliphatic heterocycles. The molecule has 1 fully saturated rings. The van der Waals surface area contributed by atoms with Crippen molar-refractivity contribution < 1.29 is 22.7 Å². The van der Waals surface area contributed by atoms with Crippen LogP contribution in [0, 0.1) is 0 Å². The number of hydrogen-bond donors (Lipinski definition) is 2. The summed E-state index contributed by atoms with van der Waals surface area (Å²) in [5.74, 6) is -0.411. The molecular weight excluding hydrogens is 296 g/mol. The number of amides is 2. The van der Waals surface area contributed by atoms with Crippen molar-refractivity contribution in [3.05, 3.63) is 29.8 Å². The number of rotatable bonds is 5. The summed E-state index contributed by atoms with van der Waals surface area (Å²) in [6.45, 7) is -0.216. The molecular formula is C13H16N2O5S. The first kappa shape index (κ1) is 15.3. The van der Waals surface area contributed by atoms with E-state index < -0.39 is 15.7 Å². The van der Waals surface area contributed by atoms with Crippen molar-refractivity contribution in [1.29, 1.82) is 0 Å². The topological polar surface area (TPSA) is 116 Å². The van der Waals surface area contributed by atoms with Gasteiger partial charge in [0.2, 0.25) is 5.91 Å². The molecule has 1 atom stereocenters. The fourth-order valence-electron chi connectivity index (χ4n) is 2.04. The van der Waals surface area contributed by atoms with Gasteiger partial charge in [0.15, 0.2) is 16.4 Å². The van der Waals surface area contributed by atoms with Gasteiger partial charge in [0.05, 0.1) is 11.5 Å². The minimum Gasteiger partial charge on any atom is -0.484 e. The minimum atomic E-state index is -3.02. The molecule has 2 amide bonds. The van der Waals surface area contributed by atoms with Gasteiger partial charge in [-0.15, -0.1) is 0 Å². The molecule has 1 heterocycles. The SMILES string of the molecule is NC(=O)c1ccc(OCC(=O)NC2CCS(=O)(=O)C2)cc1. The molecule has 0 saturated carbocycles. The van der Waals surface area contributed by atoms with Gasteiger partial charge < -0.3 is 15.8 Å². The van der Waals surface area contributed by atoms with Gasteiger partial charge >= 0.3 is 0 Å². The number of ether oxygens (including phenoxy) is 1. The van der Waals surface area contributed by atoms with Crippen molar-refractivity contribution >= 4 is 21.7 Å². The molecule has 0 aliphatic carbocycles. The fourth-order valence-corrected chi connectivity index (χ4v) is 3.72. The van der Waals surface area contributed by atoms with Crippen LogP contribution in [-0.4, -0.2) is 44.4 Å². The minimum absolute atomic E-state index is 0.0218. The summed E-state index contributed by atoms with van der Waals surface area (Å²) in [5, 5.41) is 2.62. The van der Waals surface area contributed by atoms with Crippen molar-refractivity contribution in [2.24, 2.45) is 5.73 Å². The zero-order valence-electron chi connectivity index (χ0n) is 11.2. The standard InChI is InChI=1S/C13H16N2O5S/c14-13(17)9-1-3-11(4-2-9)20-7-12(16)15-10-5-6-21(18,19)8-10/h1-4,10H,5-8H2,(H2,14,17)(H,15,16). The van der Waals surface area contributed by atoms with E-state index in [1.165, 1.54) is 24.3 Å². The maximum atomic E-state index is 11.7. The number of benzene rings is 1. The number of primary amides is 1. The van der Waals surface area contributed by atoms with Gasteiger partial charge in [-0.2, -0.15) is 0 Å². The number of sulfone groups is 1. The van der Waals surface area contributed by atoms with Crippen LogP contribution in [0.15, 0.2) is 24.3 Å². The smallest absolute Gasteiger partial charge is 0.258 e. The van der Waals surface area contributed by atoms with Gasteiger partial charge in [-0.3, -0.25) is 9.59 Å². The molecule has 114 valence electrons. The molecule has 1 aromatic carbocycles. The van der Waals surface area contributed by atoms with E-state index in [0.29, 0.717) is 17.7 Å². The van der Waals surface area contributed by atoms with Crippen LogP contribution >= 0.6 is 0 Å². The summed E-state index contributed by atoms with van der Waals surface area (Å²) in [5.41, 5.74) is 5.46. The molecule has 21 heavy (non-hydrogen) atoms. The van der Waals surface area contributed by atoms with Crippen LogP contribution in [0.3, 0.4) is 0 Å². The quantitative estimate of drug-likeness (QED) is 0.758. The Hall–Kier alpha value is -2.09. The largest absolute Gasteiger partial charge is 0.484 e. The Kier molecular flexibility index (Phi) is 4.46. The number of hydrogen-bond acceptors (Lipinski definition) is 5. The van der Waals surface area contributed by atoms with E-state index >= 15 is 0 Å². The van der Waals surface area contributed by atoms with Crippen LogP contribution < -0.4 is 15.8 Å². The molecule has 0 spiro atoms. The first-order valence-electron chi connectivity index (χ1n) is 6.38. The van der Waals surface area contributed by atoms with Gasteiger partial charge in [-0.25, -0.2) is 8.42 Å². The van der Waals surface area contributed by atoms with Crippen molar-refractivity contribution in [3.8, 4) is 5.75 Å². The second-order valence-corrected chi connectivity index (χ2v) is 7.07. The Bertz CT molecular complexity index is 639. The van der Waals surface area contributed by atoms with Gasteiger partial charge in [0.25, 0.3) is 5.91 Å². The van der Waals surface area contributed by atoms with Gasteiger partial charge in [-0.1, -0.05) is 0 Å². The number of carbonyl (C=O) groups is 2. The molecule has 1 unspecified atom stereocenters. The summed E-state index contributed by atoms with van der Waals surface area (Å²) < 4.78 is 27.8. The number of nitrogens with two attached hydrogens (primary N) is 1. The molecule has 2 rings (SSSR count). The molecule has 0 bridgehead atoms. The molecule has 0 radical (unpaired) electrons. The van der Waals surface area contributed by atoms with E-state index in [1.807, 2.05) is 0 Å². The maximum Gasteiger partial charge on any atom is 0.258 e. The summed E-state index contributed by atoms with van der Waals surface area (Å²) >= 11 is 0. The van der Waals surface area contributed by atoms with Crippen LogP contribution in [-0.2, 0) is 14.6 Å². The van der Waals surface area contributed by atoms with E-state index in [9.17, 15) is 18.0 Å². The van der Waals surface area contributed by atoms with Gasteiger partial charge in [0.1, 0.15) is 5.75 Å². The molecule has 1 saturated heterocycles. The second-order valence-electron chi connectivity index (χ2n) is 4.84. The summed E-state index contributed by atoms with van der Waals surface area (Å²) in [6.07, 6.45) is 0.432. The number of nitrogens with one attached hydrogen (secondary N) is 1. The zero-order valence-corrected chi connectivity index (χ0v) is 12.1. The van der Waals surface area contributed by atoms with E-state index in [-0.39, 0.29) is 30.1 Å².